The Kier molecular flexibility index (Phi) is 5.48. The molecule has 106 valence electrons. The van der Waals surface area contributed by atoms with Crippen LogP contribution < -0.4 is 4.73 Å². The molecule has 2 heterocycles. The van der Waals surface area contributed by atoms with Gasteiger partial charge < -0.3 is 15.2 Å². The summed E-state index contributed by atoms with van der Waals surface area (Å²) in [6, 6.07) is 5.34. The minimum atomic E-state index is -0.376. The Morgan fingerprint density at radius 3 is 2.89 bits per heavy atom. The molecule has 0 aliphatic carbocycles. The van der Waals surface area contributed by atoms with Crippen molar-refractivity contribution < 1.29 is 9.84 Å². The van der Waals surface area contributed by atoms with Gasteiger partial charge in [0.25, 0.3) is 5.03 Å². The second kappa shape index (κ2) is 7.12. The van der Waals surface area contributed by atoms with E-state index in [0.29, 0.717) is 17.3 Å². The van der Waals surface area contributed by atoms with E-state index in [-0.39, 0.29) is 6.10 Å². The zero-order valence-electron chi connectivity index (χ0n) is 11.4. The third-order valence-corrected chi connectivity index (χ3v) is 4.72. The number of nitrogens with zero attached hydrogens (tertiary/aromatic N) is 2. The molecule has 1 atom stereocenters. The first-order valence-electron chi connectivity index (χ1n) is 6.86. The molecule has 1 aliphatic heterocycles. The highest BCUT2D eigenvalue weighted by Crippen LogP contribution is 2.18. The van der Waals surface area contributed by atoms with Crippen molar-refractivity contribution in [2.24, 2.45) is 5.92 Å². The standard InChI is InChI=1S/C14H22N2O2S/c1-12-5-8-15(9-6-12)10-13(17)11-19-14-4-2-3-7-16(14)18/h2-4,7,12-13,17H,5-6,8-11H2,1H3. The van der Waals surface area contributed by atoms with Gasteiger partial charge in [-0.05, 0) is 37.9 Å². The second-order valence-corrected chi connectivity index (χ2v) is 6.35. The van der Waals surface area contributed by atoms with Crippen LogP contribution in [0.5, 0.6) is 0 Å². The number of β-amino-alcohol motifs (C(OH)–C–C–N with tert-alkyl or cyclic N) is 1. The van der Waals surface area contributed by atoms with Gasteiger partial charge >= 0.3 is 0 Å². The third kappa shape index (κ3) is 4.67. The number of hydrogen-bond acceptors (Lipinski definition) is 4. The molecule has 1 aromatic heterocycles. The lowest BCUT2D eigenvalue weighted by Gasteiger charge is -2.31. The van der Waals surface area contributed by atoms with Crippen LogP contribution in [-0.4, -0.2) is 41.5 Å². The van der Waals surface area contributed by atoms with Crippen molar-refractivity contribution in [3.8, 4) is 0 Å². The van der Waals surface area contributed by atoms with E-state index in [1.165, 1.54) is 30.8 Å². The molecule has 1 aliphatic rings. The summed E-state index contributed by atoms with van der Waals surface area (Å²) in [5, 5.41) is 22.2. The molecule has 0 radical (unpaired) electrons. The van der Waals surface area contributed by atoms with Crippen LogP contribution in [0.3, 0.4) is 0 Å². The highest BCUT2D eigenvalue weighted by atomic mass is 32.2. The molecule has 1 unspecified atom stereocenters. The van der Waals surface area contributed by atoms with Gasteiger partial charge in [-0.1, -0.05) is 18.7 Å². The van der Waals surface area contributed by atoms with Gasteiger partial charge in [0, 0.05) is 24.4 Å². The van der Waals surface area contributed by atoms with Crippen molar-refractivity contribution in [2.75, 3.05) is 25.4 Å². The maximum absolute atomic E-state index is 11.5. The molecule has 2 rings (SSSR count). The van der Waals surface area contributed by atoms with Crippen LogP contribution in [0, 0.1) is 11.1 Å². The number of thioether (sulfide) groups is 1. The van der Waals surface area contributed by atoms with E-state index in [2.05, 4.69) is 11.8 Å². The summed E-state index contributed by atoms with van der Waals surface area (Å²) in [6.45, 7) is 5.16. The Morgan fingerprint density at radius 1 is 1.47 bits per heavy atom. The first-order valence-corrected chi connectivity index (χ1v) is 7.85. The fourth-order valence-corrected chi connectivity index (χ4v) is 3.13. The molecule has 0 spiro atoms. The topological polar surface area (TPSA) is 50.4 Å². The van der Waals surface area contributed by atoms with Gasteiger partial charge in [0.1, 0.15) is 0 Å². The van der Waals surface area contributed by atoms with Gasteiger partial charge in [-0.15, -0.1) is 0 Å². The Balaban J connectivity index is 1.73. The number of aromatic nitrogens is 1. The summed E-state index contributed by atoms with van der Waals surface area (Å²) in [7, 11) is 0. The molecular formula is C14H22N2O2S. The van der Waals surface area contributed by atoms with Crippen molar-refractivity contribution in [1.82, 2.24) is 4.90 Å². The quantitative estimate of drug-likeness (QED) is 0.505. The molecular weight excluding hydrogens is 260 g/mol. The van der Waals surface area contributed by atoms with E-state index < -0.39 is 0 Å². The minimum Gasteiger partial charge on any atom is -0.618 e. The summed E-state index contributed by atoms with van der Waals surface area (Å²) >= 11 is 1.42. The lowest BCUT2D eigenvalue weighted by atomic mass is 9.99. The molecule has 19 heavy (non-hydrogen) atoms. The zero-order valence-corrected chi connectivity index (χ0v) is 12.2. The molecule has 4 nitrogen and oxygen atoms in total. The van der Waals surface area contributed by atoms with Crippen LogP contribution in [0.1, 0.15) is 19.8 Å². The van der Waals surface area contributed by atoms with Crippen molar-refractivity contribution >= 4 is 11.8 Å². The highest BCUT2D eigenvalue weighted by Gasteiger charge is 2.19. The monoisotopic (exact) mass is 282 g/mol. The first kappa shape index (κ1) is 14.6. The van der Waals surface area contributed by atoms with Gasteiger partial charge in [0.15, 0.2) is 6.20 Å². The van der Waals surface area contributed by atoms with Gasteiger partial charge in [0.05, 0.1) is 6.10 Å². The largest absolute Gasteiger partial charge is 0.618 e. The Bertz CT molecular complexity index is 395. The molecule has 1 N–H and O–H groups in total. The SMILES string of the molecule is CC1CCN(CC(O)CSc2cccc[n+]2[O-])CC1. The summed E-state index contributed by atoms with van der Waals surface area (Å²) in [5.41, 5.74) is 0. The van der Waals surface area contributed by atoms with Crippen molar-refractivity contribution in [3.63, 3.8) is 0 Å². The zero-order chi connectivity index (χ0) is 13.7. The molecule has 0 bridgehead atoms. The number of aliphatic hydroxyl groups excluding tert-OH is 1. The van der Waals surface area contributed by atoms with E-state index in [0.717, 1.165) is 23.7 Å². The number of pyridine rings is 1. The van der Waals surface area contributed by atoms with Crippen molar-refractivity contribution in [2.45, 2.75) is 30.9 Å². The van der Waals surface area contributed by atoms with Crippen LogP contribution in [-0.2, 0) is 0 Å². The predicted octanol–water partition coefficient (Wildman–Crippen LogP) is 1.50. The van der Waals surface area contributed by atoms with Gasteiger partial charge in [0.2, 0.25) is 0 Å². The predicted molar refractivity (Wildman–Crippen MR) is 77.0 cm³/mol. The van der Waals surface area contributed by atoms with Crippen LogP contribution in [0.15, 0.2) is 29.4 Å². The smallest absolute Gasteiger partial charge is 0.251 e. The van der Waals surface area contributed by atoms with Gasteiger partial charge in [-0.2, -0.15) is 4.73 Å². The Labute approximate surface area is 119 Å². The number of likely N-dealkylation sites (tertiary alicyclic amines) is 1. The summed E-state index contributed by atoms with van der Waals surface area (Å²) < 4.78 is 0.847. The van der Waals surface area contributed by atoms with Gasteiger partial charge in [-0.3, -0.25) is 0 Å². The van der Waals surface area contributed by atoms with Crippen LogP contribution in [0.25, 0.3) is 0 Å². The van der Waals surface area contributed by atoms with Crippen molar-refractivity contribution in [1.29, 1.82) is 0 Å². The Morgan fingerprint density at radius 2 is 2.21 bits per heavy atom. The molecule has 0 amide bonds. The van der Waals surface area contributed by atoms with Crippen LogP contribution in [0.2, 0.25) is 0 Å². The number of aliphatic hydroxyl groups is 1. The minimum absolute atomic E-state index is 0.376. The van der Waals surface area contributed by atoms with E-state index in [1.54, 1.807) is 12.1 Å². The fraction of sp³-hybridized carbons (Fsp3) is 0.643. The second-order valence-electron chi connectivity index (χ2n) is 5.31. The van der Waals surface area contributed by atoms with Gasteiger partial charge in [-0.25, -0.2) is 0 Å². The Hall–Kier alpha value is -0.780. The number of hydrogen-bond donors (Lipinski definition) is 1. The summed E-state index contributed by atoms with van der Waals surface area (Å²) in [4.78, 5) is 2.32. The molecule has 1 fully saturated rings. The van der Waals surface area contributed by atoms with Crippen LogP contribution in [0.4, 0.5) is 0 Å². The molecule has 0 saturated carbocycles. The third-order valence-electron chi connectivity index (χ3n) is 3.56. The average Bonchev–Trinajstić information content (AvgIpc) is 2.40. The van der Waals surface area contributed by atoms with E-state index in [9.17, 15) is 10.3 Å². The lowest BCUT2D eigenvalue weighted by molar-refractivity contribution is -0.645. The molecule has 1 saturated heterocycles. The van der Waals surface area contributed by atoms with E-state index >= 15 is 0 Å². The normalized spacial score (nSPS) is 19.5. The first-order chi connectivity index (χ1) is 9.15. The van der Waals surface area contributed by atoms with Crippen LogP contribution >= 0.6 is 11.8 Å². The van der Waals surface area contributed by atoms with E-state index in [4.69, 9.17) is 0 Å². The maximum Gasteiger partial charge on any atom is 0.251 e. The van der Waals surface area contributed by atoms with E-state index in [1.807, 2.05) is 6.07 Å². The molecule has 5 heteroatoms. The number of piperidine rings is 1. The summed E-state index contributed by atoms with van der Waals surface area (Å²) in [6.07, 6.45) is 3.55. The highest BCUT2D eigenvalue weighted by molar-refractivity contribution is 7.99. The fourth-order valence-electron chi connectivity index (χ4n) is 2.30. The number of rotatable bonds is 5. The summed E-state index contributed by atoms with van der Waals surface area (Å²) in [5.74, 6) is 1.38. The maximum atomic E-state index is 11.5. The molecule has 1 aromatic rings. The van der Waals surface area contributed by atoms with Crippen molar-refractivity contribution in [3.05, 3.63) is 29.6 Å². The average molecular weight is 282 g/mol. The molecule has 0 aromatic carbocycles. The lowest BCUT2D eigenvalue weighted by Crippen LogP contribution is -2.39.